The number of nitrogens with two attached hydrogens (primary N) is 1. The lowest BCUT2D eigenvalue weighted by Crippen LogP contribution is -2.43. The Morgan fingerprint density at radius 3 is 2.79 bits per heavy atom. The molecule has 0 radical (unpaired) electrons. The summed E-state index contributed by atoms with van der Waals surface area (Å²) in [7, 11) is 0. The minimum atomic E-state index is -0.410. The predicted octanol–water partition coefficient (Wildman–Crippen LogP) is 2.01. The number of non-ortho nitro benzene ring substituents is 1. The molecule has 2 aromatic rings. The molecule has 1 fully saturated rings. The lowest BCUT2D eigenvalue weighted by Gasteiger charge is -2.32. The van der Waals surface area contributed by atoms with E-state index in [1.165, 1.54) is 12.3 Å². The lowest BCUT2D eigenvalue weighted by atomic mass is 9.90. The van der Waals surface area contributed by atoms with Gasteiger partial charge in [-0.2, -0.15) is 0 Å². The molecule has 1 aromatic heterocycles. The molecule has 6 nitrogen and oxygen atoms in total. The second kappa shape index (κ2) is 4.47. The maximum Gasteiger partial charge on any atom is 0.279 e. The van der Waals surface area contributed by atoms with Crippen LogP contribution in [0.3, 0.4) is 0 Å². The van der Waals surface area contributed by atoms with E-state index in [-0.39, 0.29) is 17.8 Å². The molecule has 3 rings (SSSR count). The summed E-state index contributed by atoms with van der Waals surface area (Å²) in [6.07, 6.45) is 4.85. The maximum atomic E-state index is 11.0. The Morgan fingerprint density at radius 2 is 2.11 bits per heavy atom. The SMILES string of the molecule is NC1CC(Oc2ccc([N+](=O)[O-])c3cnccc23)C1. The minimum absolute atomic E-state index is 0.0424. The number of hydrogen-bond donors (Lipinski definition) is 1. The average Bonchev–Trinajstić information content (AvgIpc) is 2.36. The maximum absolute atomic E-state index is 11.0. The number of aromatic nitrogens is 1. The van der Waals surface area contributed by atoms with E-state index in [2.05, 4.69) is 4.98 Å². The zero-order valence-corrected chi connectivity index (χ0v) is 10.2. The molecule has 0 spiro atoms. The fourth-order valence-corrected chi connectivity index (χ4v) is 2.29. The number of fused-ring (bicyclic) bond motifs is 1. The van der Waals surface area contributed by atoms with Crippen molar-refractivity contribution in [1.82, 2.24) is 4.98 Å². The first-order chi connectivity index (χ1) is 9.15. The highest BCUT2D eigenvalue weighted by Gasteiger charge is 2.28. The molecular formula is C13H13N3O3. The van der Waals surface area contributed by atoms with Gasteiger partial charge >= 0.3 is 0 Å². The lowest BCUT2D eigenvalue weighted by molar-refractivity contribution is -0.383. The molecule has 6 heteroatoms. The average molecular weight is 259 g/mol. The number of ether oxygens (including phenoxy) is 1. The molecule has 2 N–H and O–H groups in total. The van der Waals surface area contributed by atoms with E-state index in [1.54, 1.807) is 18.3 Å². The van der Waals surface area contributed by atoms with Crippen molar-refractivity contribution in [3.8, 4) is 5.75 Å². The summed E-state index contributed by atoms with van der Waals surface area (Å²) in [4.78, 5) is 14.5. The second-order valence-electron chi connectivity index (χ2n) is 4.73. The van der Waals surface area contributed by atoms with E-state index in [9.17, 15) is 10.1 Å². The number of rotatable bonds is 3. The van der Waals surface area contributed by atoms with Gasteiger partial charge in [-0.25, -0.2) is 0 Å². The van der Waals surface area contributed by atoms with Gasteiger partial charge in [0.1, 0.15) is 11.9 Å². The summed E-state index contributed by atoms with van der Waals surface area (Å²) in [6, 6.07) is 5.04. The van der Waals surface area contributed by atoms with E-state index in [4.69, 9.17) is 10.5 Å². The number of nitro groups is 1. The third-order valence-corrected chi connectivity index (χ3v) is 3.38. The standard InChI is InChI=1S/C13H13N3O3/c14-8-5-9(6-8)19-13-2-1-12(16(17)18)11-7-15-4-3-10(11)13/h1-4,7-9H,5-6,14H2. The van der Waals surface area contributed by atoms with Gasteiger partial charge in [0.05, 0.1) is 10.3 Å². The summed E-state index contributed by atoms with van der Waals surface area (Å²) in [6.45, 7) is 0. The third kappa shape index (κ3) is 2.10. The second-order valence-corrected chi connectivity index (χ2v) is 4.73. The van der Waals surface area contributed by atoms with Crippen molar-refractivity contribution in [3.05, 3.63) is 40.7 Å². The van der Waals surface area contributed by atoms with E-state index < -0.39 is 4.92 Å². The molecule has 1 aliphatic carbocycles. The minimum Gasteiger partial charge on any atom is -0.490 e. The van der Waals surface area contributed by atoms with E-state index >= 15 is 0 Å². The summed E-state index contributed by atoms with van der Waals surface area (Å²) >= 11 is 0. The van der Waals surface area contributed by atoms with Crippen LogP contribution in [0.1, 0.15) is 12.8 Å². The Bertz CT molecular complexity index is 638. The van der Waals surface area contributed by atoms with Gasteiger partial charge in [0.25, 0.3) is 5.69 Å². The molecule has 0 saturated heterocycles. The molecule has 19 heavy (non-hydrogen) atoms. The summed E-state index contributed by atoms with van der Waals surface area (Å²) < 4.78 is 5.84. The van der Waals surface area contributed by atoms with Crippen LogP contribution in [0, 0.1) is 10.1 Å². The molecule has 0 unspecified atom stereocenters. The first kappa shape index (κ1) is 11.9. The summed E-state index contributed by atoms with van der Waals surface area (Å²) in [5, 5.41) is 12.2. The van der Waals surface area contributed by atoms with Crippen molar-refractivity contribution in [2.24, 2.45) is 5.73 Å². The zero-order valence-electron chi connectivity index (χ0n) is 10.2. The van der Waals surface area contributed by atoms with Gasteiger partial charge in [0.2, 0.25) is 0 Å². The fraction of sp³-hybridized carbons (Fsp3) is 0.308. The molecule has 1 aliphatic rings. The molecule has 98 valence electrons. The van der Waals surface area contributed by atoms with Gasteiger partial charge in [-0.15, -0.1) is 0 Å². The van der Waals surface area contributed by atoms with Crippen LogP contribution >= 0.6 is 0 Å². The number of nitrogens with zero attached hydrogens (tertiary/aromatic N) is 2. The Labute approximate surface area is 109 Å². The molecule has 0 bridgehead atoms. The molecule has 0 atom stereocenters. The van der Waals surface area contributed by atoms with Crippen molar-refractivity contribution in [1.29, 1.82) is 0 Å². The van der Waals surface area contributed by atoms with Crippen molar-refractivity contribution in [2.45, 2.75) is 25.0 Å². The first-order valence-corrected chi connectivity index (χ1v) is 6.08. The number of pyridine rings is 1. The molecule has 0 aliphatic heterocycles. The molecular weight excluding hydrogens is 246 g/mol. The van der Waals surface area contributed by atoms with Crippen LogP contribution in [0.4, 0.5) is 5.69 Å². The highest BCUT2D eigenvalue weighted by molar-refractivity contribution is 5.94. The smallest absolute Gasteiger partial charge is 0.279 e. The first-order valence-electron chi connectivity index (χ1n) is 6.08. The monoisotopic (exact) mass is 259 g/mol. The highest BCUT2D eigenvalue weighted by atomic mass is 16.6. The third-order valence-electron chi connectivity index (χ3n) is 3.38. The molecule has 1 saturated carbocycles. The highest BCUT2D eigenvalue weighted by Crippen LogP contribution is 2.34. The van der Waals surface area contributed by atoms with E-state index in [1.807, 2.05) is 0 Å². The van der Waals surface area contributed by atoms with Gasteiger partial charge in [-0.05, 0) is 25.0 Å². The zero-order chi connectivity index (χ0) is 13.4. The number of hydrogen-bond acceptors (Lipinski definition) is 5. The van der Waals surface area contributed by atoms with E-state index in [0.717, 1.165) is 12.8 Å². The molecule has 1 aromatic carbocycles. The van der Waals surface area contributed by atoms with E-state index in [0.29, 0.717) is 16.5 Å². The van der Waals surface area contributed by atoms with Gasteiger partial charge < -0.3 is 10.5 Å². The topological polar surface area (TPSA) is 91.3 Å². The van der Waals surface area contributed by atoms with Crippen LogP contribution in [-0.4, -0.2) is 22.1 Å². The van der Waals surface area contributed by atoms with Crippen LogP contribution in [0.2, 0.25) is 0 Å². The fourth-order valence-electron chi connectivity index (χ4n) is 2.29. The van der Waals surface area contributed by atoms with Gasteiger partial charge in [-0.1, -0.05) is 0 Å². The predicted molar refractivity (Wildman–Crippen MR) is 70.0 cm³/mol. The molecule has 0 amide bonds. The Hall–Kier alpha value is -2.21. The Morgan fingerprint density at radius 1 is 1.32 bits per heavy atom. The van der Waals surface area contributed by atoms with Gasteiger partial charge in [0.15, 0.2) is 0 Å². The van der Waals surface area contributed by atoms with Crippen molar-refractivity contribution in [3.63, 3.8) is 0 Å². The van der Waals surface area contributed by atoms with Crippen molar-refractivity contribution < 1.29 is 9.66 Å². The largest absolute Gasteiger partial charge is 0.490 e. The van der Waals surface area contributed by atoms with Crippen LogP contribution in [0.5, 0.6) is 5.75 Å². The normalized spacial score (nSPS) is 21.9. The van der Waals surface area contributed by atoms with Crippen molar-refractivity contribution >= 4 is 16.5 Å². The number of benzene rings is 1. The Balaban J connectivity index is 2.01. The van der Waals surface area contributed by atoms with Crippen molar-refractivity contribution in [2.75, 3.05) is 0 Å². The summed E-state index contributed by atoms with van der Waals surface area (Å²) in [5.74, 6) is 0.653. The van der Waals surface area contributed by atoms with Crippen LogP contribution in [-0.2, 0) is 0 Å². The van der Waals surface area contributed by atoms with Crippen LogP contribution in [0.15, 0.2) is 30.6 Å². The summed E-state index contributed by atoms with van der Waals surface area (Å²) in [5.41, 5.74) is 5.76. The molecule has 1 heterocycles. The Kier molecular flexibility index (Phi) is 2.79. The van der Waals surface area contributed by atoms with Crippen LogP contribution in [0.25, 0.3) is 10.8 Å². The van der Waals surface area contributed by atoms with Gasteiger partial charge in [-0.3, -0.25) is 15.1 Å². The number of nitro benzene ring substituents is 1. The van der Waals surface area contributed by atoms with Crippen LogP contribution < -0.4 is 10.5 Å². The quantitative estimate of drug-likeness (QED) is 0.672. The van der Waals surface area contributed by atoms with Gasteiger partial charge in [0, 0.05) is 29.9 Å².